The van der Waals surface area contributed by atoms with Crippen LogP contribution in [0.1, 0.15) is 51.3 Å². The Balaban J connectivity index is 1.28. The summed E-state index contributed by atoms with van der Waals surface area (Å²) in [6, 6.07) is 20.3. The minimum absolute atomic E-state index is 0.0131. The zero-order valence-electron chi connectivity index (χ0n) is 37.5. The van der Waals surface area contributed by atoms with Gasteiger partial charge in [0.25, 0.3) is 23.6 Å². The molecule has 360 valence electrons. The molecule has 4 N–H and O–H groups in total. The minimum Gasteiger partial charge on any atom is -0.495 e. The Morgan fingerprint density at radius 3 is 1.39 bits per heavy atom. The quantitative estimate of drug-likeness (QED) is 0.0296. The minimum atomic E-state index is -1.64. The van der Waals surface area contributed by atoms with Crippen LogP contribution in [0.5, 0.6) is 11.5 Å². The highest BCUT2D eigenvalue weighted by atomic mass is 35.5. The Hall–Kier alpha value is -6.43. The number of hydrogen-bond donors (Lipinski definition) is 4. The number of nitrogens with one attached hydrogen (secondary N) is 4. The van der Waals surface area contributed by atoms with Crippen molar-refractivity contribution in [1.29, 1.82) is 0 Å². The maximum Gasteiger partial charge on any atom is 0.258 e. The first-order chi connectivity index (χ1) is 33.1. The van der Waals surface area contributed by atoms with E-state index in [1.807, 2.05) is 12.1 Å². The van der Waals surface area contributed by atoms with Gasteiger partial charge in [-0.05, 0) is 129 Å². The molecule has 0 aliphatic rings. The molecule has 2 unspecified atom stereocenters. The van der Waals surface area contributed by atoms with Crippen LogP contribution < -0.4 is 30.7 Å². The summed E-state index contributed by atoms with van der Waals surface area (Å²) in [6.45, 7) is 2.32. The van der Waals surface area contributed by atoms with Crippen LogP contribution in [0.4, 0.5) is 34.1 Å². The van der Waals surface area contributed by atoms with Crippen LogP contribution in [0.15, 0.2) is 111 Å². The van der Waals surface area contributed by atoms with Gasteiger partial charge in [-0.2, -0.15) is 20.5 Å². The Labute approximate surface area is 422 Å². The number of alkyl halides is 3. The SMILES string of the molecule is COc1ccc(CCCl)cc1NC(=O)c1ccc(Cl)c(N=NC(C(C)=O)C(=O)Nc2ccc(NC(=O)C(N=Nc3cc(C(=O)Nc4cc(CCCl)ccc4OC)ccc3Cl)C(C)=O)c(CCCl)c2)c1. The molecule has 0 bridgehead atoms. The molecule has 69 heavy (non-hydrogen) atoms. The molecule has 0 saturated carbocycles. The van der Waals surface area contributed by atoms with Crippen LogP contribution in [-0.4, -0.2) is 79.1 Å². The van der Waals surface area contributed by atoms with E-state index in [1.165, 1.54) is 68.8 Å². The molecular formula is C48H45Cl5N8O8. The molecule has 0 aromatic heterocycles. The number of benzene rings is 5. The molecule has 2 atom stereocenters. The molecule has 0 fully saturated rings. The van der Waals surface area contributed by atoms with Crippen molar-refractivity contribution < 1.29 is 38.2 Å². The fourth-order valence-electron chi connectivity index (χ4n) is 6.48. The zero-order valence-corrected chi connectivity index (χ0v) is 41.3. The summed E-state index contributed by atoms with van der Waals surface area (Å²) < 4.78 is 10.8. The Kier molecular flexibility index (Phi) is 20.0. The summed E-state index contributed by atoms with van der Waals surface area (Å²) in [5.41, 5.74) is 3.84. The number of hydrogen-bond acceptors (Lipinski definition) is 12. The van der Waals surface area contributed by atoms with Crippen LogP contribution in [0.25, 0.3) is 0 Å². The van der Waals surface area contributed by atoms with Crippen molar-refractivity contribution in [3.05, 3.63) is 129 Å². The molecule has 21 heteroatoms. The van der Waals surface area contributed by atoms with E-state index < -0.39 is 47.3 Å². The fraction of sp³-hybridized carbons (Fsp3) is 0.250. The molecule has 0 heterocycles. The number of carbonyl (C=O) groups is 6. The lowest BCUT2D eigenvalue weighted by atomic mass is 10.1. The average molecular weight is 1040 g/mol. The van der Waals surface area contributed by atoms with Crippen LogP contribution in [0, 0.1) is 0 Å². The van der Waals surface area contributed by atoms with Crippen molar-refractivity contribution in [3.8, 4) is 11.5 Å². The highest BCUT2D eigenvalue weighted by Crippen LogP contribution is 2.32. The standard InChI is InChI=1S/C48H45Cl5N8O8/c1-26(62)43(60-58-37-24-31(7-10-34(37)52)45(64)56-39-21-28(15-18-49)5-13-41(39)68-3)47(66)54-33-9-12-36(30(23-33)17-20-51)55-48(67)44(27(2)63)61-59-38-25-32(8-11-35(38)53)46(65)57-40-22-29(16-19-50)6-14-42(40)69-4/h5-14,21-25,43-44H,15-20H2,1-4H3,(H,54,66)(H,55,67)(H,56,64)(H,57,65). The predicted molar refractivity (Wildman–Crippen MR) is 270 cm³/mol. The van der Waals surface area contributed by atoms with Crippen molar-refractivity contribution in [2.45, 2.75) is 45.2 Å². The fourth-order valence-corrected chi connectivity index (χ4v) is 7.43. The first-order valence-electron chi connectivity index (χ1n) is 20.9. The molecule has 0 spiro atoms. The zero-order chi connectivity index (χ0) is 50.2. The lowest BCUT2D eigenvalue weighted by Crippen LogP contribution is -2.32. The normalized spacial score (nSPS) is 12.0. The molecule has 0 saturated heterocycles. The van der Waals surface area contributed by atoms with Gasteiger partial charge in [-0.1, -0.05) is 35.3 Å². The van der Waals surface area contributed by atoms with Gasteiger partial charge in [0.2, 0.25) is 12.1 Å². The van der Waals surface area contributed by atoms with E-state index in [-0.39, 0.29) is 56.2 Å². The second-order valence-electron chi connectivity index (χ2n) is 14.9. The van der Waals surface area contributed by atoms with Gasteiger partial charge in [0, 0.05) is 40.1 Å². The maximum absolute atomic E-state index is 13.6. The molecular weight excluding hydrogens is 994 g/mol. The summed E-state index contributed by atoms with van der Waals surface area (Å²) in [6.07, 6.45) is 1.35. The summed E-state index contributed by atoms with van der Waals surface area (Å²) in [7, 11) is 2.95. The third kappa shape index (κ3) is 14.8. The number of Topliss-reactive ketones (excluding diaryl/α,β-unsaturated/α-hetero) is 2. The number of rotatable bonds is 22. The van der Waals surface area contributed by atoms with E-state index in [2.05, 4.69) is 41.7 Å². The number of azo groups is 2. The van der Waals surface area contributed by atoms with Gasteiger partial charge in [0.15, 0.2) is 11.6 Å². The van der Waals surface area contributed by atoms with Gasteiger partial charge >= 0.3 is 0 Å². The van der Waals surface area contributed by atoms with Crippen molar-refractivity contribution in [2.24, 2.45) is 20.5 Å². The first-order valence-corrected chi connectivity index (χ1v) is 23.3. The smallest absolute Gasteiger partial charge is 0.258 e. The van der Waals surface area contributed by atoms with Gasteiger partial charge in [-0.15, -0.1) is 34.8 Å². The molecule has 4 amide bonds. The van der Waals surface area contributed by atoms with Gasteiger partial charge in [-0.3, -0.25) is 28.8 Å². The van der Waals surface area contributed by atoms with Crippen LogP contribution in [0.3, 0.4) is 0 Å². The molecule has 0 aliphatic heterocycles. The third-order valence-corrected chi connectivity index (χ3v) is 11.2. The molecule has 5 rings (SSSR count). The Morgan fingerprint density at radius 1 is 0.522 bits per heavy atom. The van der Waals surface area contributed by atoms with Gasteiger partial charge in [0.1, 0.15) is 22.9 Å². The summed E-state index contributed by atoms with van der Waals surface area (Å²) in [4.78, 5) is 79.1. The molecule has 0 aliphatic carbocycles. The van der Waals surface area contributed by atoms with Gasteiger partial charge < -0.3 is 30.7 Å². The number of ether oxygens (including phenoxy) is 2. The Bertz CT molecular complexity index is 2810. The van der Waals surface area contributed by atoms with Gasteiger partial charge in [-0.25, -0.2) is 0 Å². The number of methoxy groups -OCH3 is 2. The van der Waals surface area contributed by atoms with Crippen molar-refractivity contribution >= 4 is 127 Å². The highest BCUT2D eigenvalue weighted by molar-refractivity contribution is 6.33. The lowest BCUT2D eigenvalue weighted by molar-refractivity contribution is -0.127. The second-order valence-corrected chi connectivity index (χ2v) is 16.9. The van der Waals surface area contributed by atoms with Crippen molar-refractivity contribution in [1.82, 2.24) is 0 Å². The summed E-state index contributed by atoms with van der Waals surface area (Å²) >= 11 is 30.7. The van der Waals surface area contributed by atoms with E-state index in [9.17, 15) is 28.8 Å². The third-order valence-electron chi connectivity index (χ3n) is 10.0. The number of carbonyl (C=O) groups excluding carboxylic acids is 6. The number of anilines is 4. The number of halogens is 5. The van der Waals surface area contributed by atoms with E-state index in [1.54, 1.807) is 24.3 Å². The highest BCUT2D eigenvalue weighted by Gasteiger charge is 2.26. The predicted octanol–water partition coefficient (Wildman–Crippen LogP) is 11.2. The largest absolute Gasteiger partial charge is 0.495 e. The molecule has 5 aromatic carbocycles. The maximum atomic E-state index is 13.6. The number of amides is 4. The summed E-state index contributed by atoms with van der Waals surface area (Å²) in [5.74, 6) is -2.31. The first kappa shape index (κ1) is 53.5. The van der Waals surface area contributed by atoms with E-state index in [0.29, 0.717) is 53.0 Å². The topological polar surface area (TPSA) is 218 Å². The second kappa shape index (κ2) is 25.8. The van der Waals surface area contributed by atoms with Crippen LogP contribution in [-0.2, 0) is 38.4 Å². The summed E-state index contributed by atoms with van der Waals surface area (Å²) in [5, 5.41) is 27.2. The van der Waals surface area contributed by atoms with E-state index in [0.717, 1.165) is 25.0 Å². The average Bonchev–Trinajstić information content (AvgIpc) is 3.31. The lowest BCUT2D eigenvalue weighted by Gasteiger charge is -2.16. The molecule has 5 aromatic rings. The Morgan fingerprint density at radius 2 is 0.971 bits per heavy atom. The molecule has 16 nitrogen and oxygen atoms in total. The number of ketones is 2. The molecule has 0 radical (unpaired) electrons. The van der Waals surface area contributed by atoms with Crippen molar-refractivity contribution in [3.63, 3.8) is 0 Å². The van der Waals surface area contributed by atoms with E-state index in [4.69, 9.17) is 67.5 Å². The number of aryl methyl sites for hydroxylation is 3. The van der Waals surface area contributed by atoms with Crippen molar-refractivity contribution in [2.75, 3.05) is 53.1 Å². The van der Waals surface area contributed by atoms with Crippen LogP contribution in [0.2, 0.25) is 10.0 Å². The number of nitrogens with zero attached hydrogens (tertiary/aromatic N) is 4. The monoisotopic (exact) mass is 1040 g/mol. The van der Waals surface area contributed by atoms with Crippen LogP contribution >= 0.6 is 58.0 Å². The van der Waals surface area contributed by atoms with Gasteiger partial charge in [0.05, 0.1) is 35.6 Å². The van der Waals surface area contributed by atoms with E-state index >= 15 is 0 Å².